The Morgan fingerprint density at radius 3 is 1.32 bits per heavy atom. The molecule has 152 valence electrons. The van der Waals surface area contributed by atoms with Gasteiger partial charge >= 0.3 is 63.1 Å². The van der Waals surface area contributed by atoms with E-state index in [0.29, 0.717) is 0 Å². The zero-order valence-corrected chi connectivity index (χ0v) is 21.2. The molecule has 1 nitrogen and oxygen atoms in total. The first-order valence-corrected chi connectivity index (χ1v) is 15.6. The molecule has 0 aliphatic heterocycles. The van der Waals surface area contributed by atoms with Gasteiger partial charge in [0.25, 0.3) is 0 Å². The monoisotopic (exact) mass is 462 g/mol. The number of hydrogen-bond acceptors (Lipinski definition) is 1. The molecular weight excluding hydrogens is 411 g/mol. The Kier molecular flexibility index (Phi) is 33.0. The molecule has 0 aromatic carbocycles. The Balaban J connectivity index is 0. The molecule has 0 saturated carbocycles. The van der Waals surface area contributed by atoms with Gasteiger partial charge in [-0.1, -0.05) is 78.1 Å². The molecule has 0 N–H and O–H groups in total. The molecule has 0 aliphatic carbocycles. The van der Waals surface area contributed by atoms with Crippen molar-refractivity contribution in [2.75, 3.05) is 13.2 Å². The van der Waals surface area contributed by atoms with Gasteiger partial charge in [-0.25, -0.2) is 0 Å². The van der Waals surface area contributed by atoms with E-state index in [1.807, 2.05) is 0 Å². The van der Waals surface area contributed by atoms with Crippen LogP contribution in [0.4, 0.5) is 0 Å². The van der Waals surface area contributed by atoms with Gasteiger partial charge < -0.3 is 4.74 Å². The Hall–Kier alpha value is 0.759. The summed E-state index contributed by atoms with van der Waals surface area (Å²) < 4.78 is 8.87. The Morgan fingerprint density at radius 1 is 0.440 bits per heavy atom. The number of hydrogen-bond donors (Lipinski definition) is 0. The van der Waals surface area contributed by atoms with Crippen LogP contribution in [0.25, 0.3) is 0 Å². The van der Waals surface area contributed by atoms with Crippen molar-refractivity contribution in [2.45, 2.75) is 133 Å². The van der Waals surface area contributed by atoms with Crippen LogP contribution in [0, 0.1) is 0 Å². The van der Waals surface area contributed by atoms with E-state index in [0.717, 1.165) is 13.2 Å². The van der Waals surface area contributed by atoms with E-state index >= 15 is 0 Å². The summed E-state index contributed by atoms with van der Waals surface area (Å²) in [6, 6.07) is 0. The third-order valence-corrected chi connectivity index (χ3v) is 8.87. The summed E-state index contributed by atoms with van der Waals surface area (Å²) in [6.07, 6.45) is 20.7. The average Bonchev–Trinajstić information content (AvgIpc) is 2.63. The molecule has 0 spiro atoms. The summed E-state index contributed by atoms with van der Waals surface area (Å²) in [5, 5.41) is 0. The van der Waals surface area contributed by atoms with Crippen molar-refractivity contribution in [3.05, 3.63) is 0 Å². The molecule has 0 saturated heterocycles. The van der Waals surface area contributed by atoms with Gasteiger partial charge in [0.1, 0.15) is 0 Å². The van der Waals surface area contributed by atoms with Crippen LogP contribution in [-0.4, -0.2) is 34.4 Å². The third-order valence-electron chi connectivity index (χ3n) is 4.42. The van der Waals surface area contributed by atoms with Crippen molar-refractivity contribution in [1.29, 1.82) is 0 Å². The van der Waals surface area contributed by atoms with Crippen molar-refractivity contribution in [2.24, 2.45) is 0 Å². The molecule has 2 radical (unpaired) electrons. The van der Waals surface area contributed by atoms with Gasteiger partial charge in [0, 0.05) is 13.2 Å². The predicted molar refractivity (Wildman–Crippen MR) is 118 cm³/mol. The van der Waals surface area contributed by atoms with Crippen LogP contribution in [0.3, 0.4) is 0 Å². The Labute approximate surface area is 171 Å². The second-order valence-corrected chi connectivity index (χ2v) is 11.5. The SMILES string of the molecule is CCCCCCCCOCCCCCCCC.CCC[CH2][Sn][CH2]CC. The van der Waals surface area contributed by atoms with Crippen LogP contribution < -0.4 is 0 Å². The maximum absolute atomic E-state index is 5.65. The molecule has 0 amide bonds. The average molecular weight is 461 g/mol. The maximum atomic E-state index is 5.65. The molecule has 0 fully saturated rings. The fourth-order valence-electron chi connectivity index (χ4n) is 2.67. The number of rotatable bonds is 19. The van der Waals surface area contributed by atoms with Crippen molar-refractivity contribution >= 4 is 21.1 Å². The minimum absolute atomic E-state index is 0.165. The molecule has 0 heterocycles. The van der Waals surface area contributed by atoms with E-state index in [4.69, 9.17) is 4.74 Å². The molecule has 2 heteroatoms. The Morgan fingerprint density at radius 2 is 0.880 bits per heavy atom. The van der Waals surface area contributed by atoms with Gasteiger partial charge in [0.05, 0.1) is 0 Å². The first-order valence-electron chi connectivity index (χ1n) is 11.6. The van der Waals surface area contributed by atoms with E-state index in [9.17, 15) is 0 Å². The summed E-state index contributed by atoms with van der Waals surface area (Å²) >= 11 is 0.165. The van der Waals surface area contributed by atoms with Gasteiger partial charge in [-0.15, -0.1) is 0 Å². The molecule has 0 aliphatic rings. The molecule has 0 aromatic heterocycles. The fourth-order valence-corrected chi connectivity index (χ4v) is 6.12. The molecule has 0 aromatic rings. The summed E-state index contributed by atoms with van der Waals surface area (Å²) in [5.41, 5.74) is 0. The van der Waals surface area contributed by atoms with Crippen LogP contribution in [0.5, 0.6) is 0 Å². The van der Waals surface area contributed by atoms with E-state index in [1.165, 1.54) is 96.3 Å². The predicted octanol–water partition coefficient (Wildman–Crippen LogP) is 8.46. The molecule has 0 rings (SSSR count). The van der Waals surface area contributed by atoms with Gasteiger partial charge in [-0.05, 0) is 12.8 Å². The Bertz CT molecular complexity index is 177. The van der Waals surface area contributed by atoms with Crippen molar-refractivity contribution < 1.29 is 4.74 Å². The van der Waals surface area contributed by atoms with E-state index in [2.05, 4.69) is 27.7 Å². The minimum atomic E-state index is 0.165. The van der Waals surface area contributed by atoms with Crippen LogP contribution in [0.2, 0.25) is 8.87 Å². The molecule has 0 atom stereocenters. The first kappa shape index (κ1) is 28.0. The van der Waals surface area contributed by atoms with Gasteiger partial charge in [-0.3, -0.25) is 0 Å². The topological polar surface area (TPSA) is 9.23 Å². The van der Waals surface area contributed by atoms with Crippen molar-refractivity contribution in [3.63, 3.8) is 0 Å². The zero-order valence-electron chi connectivity index (χ0n) is 18.3. The fraction of sp³-hybridized carbons (Fsp3) is 1.00. The van der Waals surface area contributed by atoms with Gasteiger partial charge in [0.2, 0.25) is 0 Å². The zero-order chi connectivity index (χ0) is 18.8. The van der Waals surface area contributed by atoms with E-state index < -0.39 is 0 Å². The number of ether oxygens (including phenoxy) is 1. The molecule has 25 heavy (non-hydrogen) atoms. The first-order chi connectivity index (χ1) is 12.3. The van der Waals surface area contributed by atoms with Crippen molar-refractivity contribution in [3.8, 4) is 0 Å². The van der Waals surface area contributed by atoms with E-state index in [-0.39, 0.29) is 21.1 Å². The second-order valence-electron chi connectivity index (χ2n) is 7.25. The summed E-state index contributed by atoms with van der Waals surface area (Å²) in [5.74, 6) is 0. The third kappa shape index (κ3) is 32.8. The summed E-state index contributed by atoms with van der Waals surface area (Å²) in [4.78, 5) is 0. The van der Waals surface area contributed by atoms with Crippen LogP contribution in [0.15, 0.2) is 0 Å². The van der Waals surface area contributed by atoms with Crippen LogP contribution in [0.1, 0.15) is 124 Å². The molecule has 0 unspecified atom stereocenters. The van der Waals surface area contributed by atoms with Gasteiger partial charge in [-0.2, -0.15) is 0 Å². The van der Waals surface area contributed by atoms with Crippen LogP contribution in [-0.2, 0) is 4.74 Å². The van der Waals surface area contributed by atoms with Crippen molar-refractivity contribution in [1.82, 2.24) is 0 Å². The normalized spacial score (nSPS) is 10.6. The second kappa shape index (κ2) is 29.5. The molecular formula is C23H50OSn. The quantitative estimate of drug-likeness (QED) is 0.139. The van der Waals surface area contributed by atoms with Gasteiger partial charge in [0.15, 0.2) is 0 Å². The standard InChI is InChI=1S/C16H34O.C4H9.C3H7.Sn/c1-3-5-7-9-11-13-15-17-16-14-12-10-8-6-4-2;1-3-4-2;1-3-2;/h3-16H2,1-2H3;1,3-4H2,2H3;1,3H2,2H3;. The number of unbranched alkanes of at least 4 members (excludes halogenated alkanes) is 11. The van der Waals surface area contributed by atoms with E-state index in [1.54, 1.807) is 8.87 Å². The summed E-state index contributed by atoms with van der Waals surface area (Å²) in [7, 11) is 0. The summed E-state index contributed by atoms with van der Waals surface area (Å²) in [6.45, 7) is 11.1. The van der Waals surface area contributed by atoms with Crippen LogP contribution >= 0.6 is 0 Å². The molecule has 0 bridgehead atoms.